The van der Waals surface area contributed by atoms with Crippen LogP contribution in [0.3, 0.4) is 0 Å². The van der Waals surface area contributed by atoms with E-state index in [2.05, 4.69) is 17.4 Å². The first kappa shape index (κ1) is 11.4. The van der Waals surface area contributed by atoms with Gasteiger partial charge in [0.15, 0.2) is 0 Å². The minimum absolute atomic E-state index is 0.214. The molecule has 3 heteroatoms. The Morgan fingerprint density at radius 1 is 1.44 bits per heavy atom. The normalized spacial score (nSPS) is 19.2. The molecule has 0 fully saturated rings. The molecule has 0 radical (unpaired) electrons. The van der Waals surface area contributed by atoms with E-state index in [9.17, 15) is 0 Å². The number of nitrogens with one attached hydrogen (secondary N) is 1. The third kappa shape index (κ3) is 2.54. The van der Waals surface area contributed by atoms with Gasteiger partial charge >= 0.3 is 0 Å². The molecule has 1 aromatic rings. The van der Waals surface area contributed by atoms with Crippen molar-refractivity contribution in [3.8, 4) is 5.75 Å². The summed E-state index contributed by atoms with van der Waals surface area (Å²) in [4.78, 5) is 0. The van der Waals surface area contributed by atoms with E-state index in [1.807, 2.05) is 6.07 Å². The number of benzene rings is 1. The number of rotatable bonds is 4. The molecule has 0 aromatic heterocycles. The molecule has 0 heterocycles. The van der Waals surface area contributed by atoms with Gasteiger partial charge in [0.2, 0.25) is 0 Å². The van der Waals surface area contributed by atoms with E-state index in [0.717, 1.165) is 25.0 Å². The van der Waals surface area contributed by atoms with Gasteiger partial charge in [-0.2, -0.15) is 0 Å². The van der Waals surface area contributed by atoms with E-state index in [0.29, 0.717) is 12.6 Å². The van der Waals surface area contributed by atoms with Crippen LogP contribution in [-0.4, -0.2) is 31.4 Å². The molecule has 0 amide bonds. The van der Waals surface area contributed by atoms with Crippen LogP contribution in [-0.2, 0) is 12.8 Å². The molecule has 1 aliphatic carbocycles. The molecule has 0 spiro atoms. The maximum absolute atomic E-state index is 8.78. The van der Waals surface area contributed by atoms with Gasteiger partial charge in [-0.05, 0) is 42.5 Å². The molecule has 0 unspecified atom stereocenters. The number of fused-ring (bicyclic) bond motifs is 1. The summed E-state index contributed by atoms with van der Waals surface area (Å²) in [6.07, 6.45) is 3.29. The van der Waals surface area contributed by atoms with Crippen LogP contribution in [0.4, 0.5) is 0 Å². The standard InChI is InChI=1S/C13H19NO2/c1-16-13-5-3-10-8-12(14-6-7-15)4-2-11(10)9-13/h3,5,9,12,14-15H,2,4,6-8H2,1H3/t12-/m1/s1. The molecule has 16 heavy (non-hydrogen) atoms. The first-order chi connectivity index (χ1) is 7.83. The van der Waals surface area contributed by atoms with Crippen LogP contribution in [0, 0.1) is 0 Å². The highest BCUT2D eigenvalue weighted by atomic mass is 16.5. The Labute approximate surface area is 96.4 Å². The Kier molecular flexibility index (Phi) is 3.80. The molecule has 0 aliphatic heterocycles. The highest BCUT2D eigenvalue weighted by Crippen LogP contribution is 2.25. The predicted octanol–water partition coefficient (Wildman–Crippen LogP) is 1.13. The number of aliphatic hydroxyl groups excluding tert-OH is 1. The maximum atomic E-state index is 8.78. The van der Waals surface area contributed by atoms with Crippen LogP contribution in [0.25, 0.3) is 0 Å². The summed E-state index contributed by atoms with van der Waals surface area (Å²) in [6.45, 7) is 0.905. The highest BCUT2D eigenvalue weighted by molar-refractivity contribution is 5.37. The van der Waals surface area contributed by atoms with Crippen LogP contribution in [0.15, 0.2) is 18.2 Å². The van der Waals surface area contributed by atoms with Crippen molar-refractivity contribution in [2.45, 2.75) is 25.3 Å². The van der Waals surface area contributed by atoms with E-state index in [1.54, 1.807) is 7.11 Å². The third-order valence-electron chi connectivity index (χ3n) is 3.19. The predicted molar refractivity (Wildman–Crippen MR) is 63.9 cm³/mol. The molecule has 1 atom stereocenters. The third-order valence-corrected chi connectivity index (χ3v) is 3.19. The Bertz CT molecular complexity index is 352. The van der Waals surface area contributed by atoms with Gasteiger partial charge in [0, 0.05) is 12.6 Å². The van der Waals surface area contributed by atoms with E-state index in [4.69, 9.17) is 9.84 Å². The summed E-state index contributed by atoms with van der Waals surface area (Å²) in [7, 11) is 1.70. The zero-order valence-electron chi connectivity index (χ0n) is 9.70. The van der Waals surface area contributed by atoms with Gasteiger partial charge in [-0.3, -0.25) is 0 Å². The highest BCUT2D eigenvalue weighted by Gasteiger charge is 2.18. The Hall–Kier alpha value is -1.06. The van der Waals surface area contributed by atoms with Crippen molar-refractivity contribution in [3.63, 3.8) is 0 Å². The van der Waals surface area contributed by atoms with Crippen molar-refractivity contribution < 1.29 is 9.84 Å². The molecular formula is C13H19NO2. The molecule has 1 aromatic carbocycles. The SMILES string of the molecule is COc1ccc2c(c1)CC[C@@H](NCCO)C2. The summed E-state index contributed by atoms with van der Waals surface area (Å²) >= 11 is 0. The van der Waals surface area contributed by atoms with E-state index in [1.165, 1.54) is 11.1 Å². The van der Waals surface area contributed by atoms with Gasteiger partial charge in [-0.1, -0.05) is 6.07 Å². The molecule has 0 saturated carbocycles. The molecule has 2 rings (SSSR count). The first-order valence-electron chi connectivity index (χ1n) is 5.83. The number of aryl methyl sites for hydroxylation is 1. The summed E-state index contributed by atoms with van der Waals surface area (Å²) in [5, 5.41) is 12.1. The number of methoxy groups -OCH3 is 1. The van der Waals surface area contributed by atoms with Crippen LogP contribution < -0.4 is 10.1 Å². The number of hydrogen-bond donors (Lipinski definition) is 2. The molecule has 2 N–H and O–H groups in total. The topological polar surface area (TPSA) is 41.5 Å². The van der Waals surface area contributed by atoms with Crippen molar-refractivity contribution >= 4 is 0 Å². The van der Waals surface area contributed by atoms with Crippen molar-refractivity contribution in [2.24, 2.45) is 0 Å². The Morgan fingerprint density at radius 3 is 3.06 bits per heavy atom. The van der Waals surface area contributed by atoms with Crippen LogP contribution >= 0.6 is 0 Å². The minimum atomic E-state index is 0.214. The summed E-state index contributed by atoms with van der Waals surface area (Å²) < 4.78 is 5.22. The second-order valence-corrected chi connectivity index (χ2v) is 4.25. The lowest BCUT2D eigenvalue weighted by Crippen LogP contribution is -2.36. The summed E-state index contributed by atoms with van der Waals surface area (Å²) in [5.74, 6) is 0.945. The largest absolute Gasteiger partial charge is 0.497 e. The fourth-order valence-corrected chi connectivity index (χ4v) is 2.30. The number of aliphatic hydroxyl groups is 1. The average Bonchev–Trinajstić information content (AvgIpc) is 2.35. The van der Waals surface area contributed by atoms with Crippen molar-refractivity contribution in [2.75, 3.05) is 20.3 Å². The molecule has 3 nitrogen and oxygen atoms in total. The van der Waals surface area contributed by atoms with Crippen LogP contribution in [0.2, 0.25) is 0 Å². The van der Waals surface area contributed by atoms with Gasteiger partial charge in [0.1, 0.15) is 5.75 Å². The lowest BCUT2D eigenvalue weighted by Gasteiger charge is -2.25. The van der Waals surface area contributed by atoms with Crippen molar-refractivity contribution in [1.29, 1.82) is 0 Å². The molecule has 0 bridgehead atoms. The lowest BCUT2D eigenvalue weighted by molar-refractivity contribution is 0.280. The minimum Gasteiger partial charge on any atom is -0.497 e. The quantitative estimate of drug-likeness (QED) is 0.801. The Balaban J connectivity index is 2.04. The molecular weight excluding hydrogens is 202 g/mol. The van der Waals surface area contributed by atoms with E-state index in [-0.39, 0.29) is 6.61 Å². The first-order valence-corrected chi connectivity index (χ1v) is 5.83. The average molecular weight is 221 g/mol. The van der Waals surface area contributed by atoms with E-state index >= 15 is 0 Å². The van der Waals surface area contributed by atoms with Gasteiger partial charge < -0.3 is 15.2 Å². The second-order valence-electron chi connectivity index (χ2n) is 4.25. The van der Waals surface area contributed by atoms with Crippen LogP contribution in [0.5, 0.6) is 5.75 Å². The van der Waals surface area contributed by atoms with Crippen LogP contribution in [0.1, 0.15) is 17.5 Å². The number of hydrogen-bond acceptors (Lipinski definition) is 3. The zero-order chi connectivity index (χ0) is 11.4. The van der Waals surface area contributed by atoms with Crippen molar-refractivity contribution in [3.05, 3.63) is 29.3 Å². The Morgan fingerprint density at radius 2 is 2.31 bits per heavy atom. The summed E-state index contributed by atoms with van der Waals surface area (Å²) in [5.41, 5.74) is 2.81. The fraction of sp³-hybridized carbons (Fsp3) is 0.538. The van der Waals surface area contributed by atoms with E-state index < -0.39 is 0 Å². The zero-order valence-corrected chi connectivity index (χ0v) is 9.70. The smallest absolute Gasteiger partial charge is 0.119 e. The fourth-order valence-electron chi connectivity index (χ4n) is 2.30. The van der Waals surface area contributed by atoms with Crippen molar-refractivity contribution in [1.82, 2.24) is 5.32 Å². The second kappa shape index (κ2) is 5.32. The van der Waals surface area contributed by atoms with Gasteiger partial charge in [0.25, 0.3) is 0 Å². The number of ether oxygens (including phenoxy) is 1. The summed E-state index contributed by atoms with van der Waals surface area (Å²) in [6, 6.07) is 6.82. The lowest BCUT2D eigenvalue weighted by atomic mass is 9.88. The molecule has 0 saturated heterocycles. The van der Waals surface area contributed by atoms with Gasteiger partial charge in [-0.15, -0.1) is 0 Å². The molecule has 88 valence electrons. The maximum Gasteiger partial charge on any atom is 0.119 e. The van der Waals surface area contributed by atoms with Gasteiger partial charge in [-0.25, -0.2) is 0 Å². The van der Waals surface area contributed by atoms with Gasteiger partial charge in [0.05, 0.1) is 13.7 Å². The molecule has 1 aliphatic rings. The monoisotopic (exact) mass is 221 g/mol.